The molecule has 1 saturated heterocycles. The topological polar surface area (TPSA) is 66.4 Å². The molecule has 0 saturated carbocycles. The molecule has 0 unspecified atom stereocenters. The number of amides is 2. The number of rotatable bonds is 5. The molecule has 0 bridgehead atoms. The van der Waals surface area contributed by atoms with Gasteiger partial charge in [-0.05, 0) is 23.8 Å². The van der Waals surface area contributed by atoms with Gasteiger partial charge in [-0.3, -0.25) is 14.3 Å². The van der Waals surface area contributed by atoms with Crippen LogP contribution in [0.5, 0.6) is 0 Å². The number of aryl methyl sites for hydroxylation is 1. The summed E-state index contributed by atoms with van der Waals surface area (Å²) in [6, 6.07) is 15.2. The van der Waals surface area contributed by atoms with Gasteiger partial charge in [-0.2, -0.15) is 0 Å². The predicted molar refractivity (Wildman–Crippen MR) is 122 cm³/mol. The van der Waals surface area contributed by atoms with Gasteiger partial charge >= 0.3 is 0 Å². The summed E-state index contributed by atoms with van der Waals surface area (Å²) in [6.45, 7) is 2.59. The van der Waals surface area contributed by atoms with Gasteiger partial charge in [0.25, 0.3) is 5.91 Å². The Hall–Kier alpha value is -2.19. The number of aromatic nitrogens is 1. The maximum Gasteiger partial charge on any atom is 0.268 e. The van der Waals surface area contributed by atoms with Crippen molar-refractivity contribution in [3.05, 3.63) is 69.8 Å². The highest BCUT2D eigenvalue weighted by Gasteiger charge is 2.46. The van der Waals surface area contributed by atoms with E-state index in [1.54, 1.807) is 12.1 Å². The zero-order valence-electron chi connectivity index (χ0n) is 16.4. The summed E-state index contributed by atoms with van der Waals surface area (Å²) < 4.78 is 6.53. The van der Waals surface area contributed by atoms with Gasteiger partial charge < -0.3 is 9.88 Å². The van der Waals surface area contributed by atoms with Crippen molar-refractivity contribution >= 4 is 58.1 Å². The van der Waals surface area contributed by atoms with Crippen LogP contribution in [-0.4, -0.2) is 33.8 Å². The normalized spacial score (nSPS) is 15.6. The van der Waals surface area contributed by atoms with Gasteiger partial charge in [-0.25, -0.2) is 4.31 Å². The van der Waals surface area contributed by atoms with Crippen LogP contribution in [0.4, 0.5) is 0 Å². The van der Waals surface area contributed by atoms with Crippen molar-refractivity contribution < 1.29 is 9.59 Å². The molecule has 1 aromatic heterocycles. The fourth-order valence-electron chi connectivity index (χ4n) is 3.69. The van der Waals surface area contributed by atoms with E-state index in [2.05, 4.69) is 10.0 Å². The zero-order chi connectivity index (χ0) is 21.5. The molecule has 1 fully saturated rings. The minimum Gasteiger partial charge on any atom is -0.340 e. The number of hydrogen-bond acceptors (Lipinski definition) is 4. The molecule has 0 atom stereocenters. The summed E-state index contributed by atoms with van der Waals surface area (Å²) >= 11 is 13.7. The number of halogens is 2. The van der Waals surface area contributed by atoms with E-state index >= 15 is 0 Å². The average Bonchev–Trinajstić information content (AvgIpc) is 3.04. The first-order valence-electron chi connectivity index (χ1n) is 9.31. The Kier molecular flexibility index (Phi) is 5.72. The van der Waals surface area contributed by atoms with E-state index in [9.17, 15) is 9.59 Å². The summed E-state index contributed by atoms with van der Waals surface area (Å²) in [5, 5.41) is 4.83. The molecule has 1 aliphatic heterocycles. The fourth-order valence-corrected chi connectivity index (χ4v) is 4.90. The molecule has 6 nitrogen and oxygen atoms in total. The summed E-state index contributed by atoms with van der Waals surface area (Å²) in [5.41, 5.74) is 1.79. The fraction of sp³-hybridized carbons (Fsp3) is 0.238. The van der Waals surface area contributed by atoms with Crippen molar-refractivity contribution in [2.24, 2.45) is 7.05 Å². The number of fused-ring (bicyclic) bond motifs is 1. The van der Waals surface area contributed by atoms with Gasteiger partial charge in [0.1, 0.15) is 5.69 Å². The second-order valence-electron chi connectivity index (χ2n) is 7.33. The second-order valence-corrected chi connectivity index (χ2v) is 9.02. The van der Waals surface area contributed by atoms with Crippen molar-refractivity contribution in [2.75, 3.05) is 13.1 Å². The molecule has 2 N–H and O–H groups in total. The molecule has 0 spiro atoms. The van der Waals surface area contributed by atoms with Crippen molar-refractivity contribution in [1.82, 2.24) is 18.9 Å². The lowest BCUT2D eigenvalue weighted by Crippen LogP contribution is -2.66. The third kappa shape index (κ3) is 3.78. The molecular formula is C21H20Cl2N4O2S. The Bertz CT molecular complexity index is 1130. The molecule has 3 aromatic rings. The number of nitrogens with one attached hydrogen (secondary N) is 2. The largest absolute Gasteiger partial charge is 0.340 e. The SMILES string of the molecule is CC(=O)NSN1CC(NC(=O)c2cc3c(Cl)c(Cl)ccc3n2C)(c2ccccc2)C1. The van der Waals surface area contributed by atoms with E-state index in [1.165, 1.54) is 19.1 Å². The predicted octanol–water partition coefficient (Wildman–Crippen LogP) is 4.13. The molecule has 0 radical (unpaired) electrons. The molecule has 1 aliphatic rings. The van der Waals surface area contributed by atoms with Gasteiger partial charge in [0.15, 0.2) is 0 Å². The van der Waals surface area contributed by atoms with E-state index in [1.807, 2.05) is 52.3 Å². The quantitative estimate of drug-likeness (QED) is 0.559. The number of carbonyl (C=O) groups excluding carboxylic acids is 2. The summed E-state index contributed by atoms with van der Waals surface area (Å²) in [4.78, 5) is 24.5. The van der Waals surface area contributed by atoms with Crippen molar-refractivity contribution in [3.63, 3.8) is 0 Å². The van der Waals surface area contributed by atoms with Crippen molar-refractivity contribution in [2.45, 2.75) is 12.5 Å². The Balaban J connectivity index is 1.62. The summed E-state index contributed by atoms with van der Waals surface area (Å²) in [7, 11) is 1.83. The van der Waals surface area contributed by atoms with Crippen molar-refractivity contribution in [3.8, 4) is 0 Å². The number of carbonyl (C=O) groups is 2. The number of benzene rings is 2. The maximum atomic E-state index is 13.3. The lowest BCUT2D eigenvalue weighted by atomic mass is 9.84. The highest BCUT2D eigenvalue weighted by atomic mass is 35.5. The van der Waals surface area contributed by atoms with Gasteiger partial charge in [0.2, 0.25) is 5.91 Å². The van der Waals surface area contributed by atoms with Crippen LogP contribution in [0.1, 0.15) is 23.0 Å². The second kappa shape index (κ2) is 8.15. The zero-order valence-corrected chi connectivity index (χ0v) is 18.7. The minimum absolute atomic E-state index is 0.118. The maximum absolute atomic E-state index is 13.3. The van der Waals surface area contributed by atoms with Crippen molar-refractivity contribution in [1.29, 1.82) is 0 Å². The first-order valence-corrected chi connectivity index (χ1v) is 10.8. The van der Waals surface area contributed by atoms with E-state index < -0.39 is 5.54 Å². The third-order valence-electron chi connectivity index (χ3n) is 5.24. The van der Waals surface area contributed by atoms with E-state index in [0.717, 1.165) is 16.5 Å². The first kappa shape index (κ1) is 21.1. The van der Waals surface area contributed by atoms with Crippen LogP contribution < -0.4 is 10.0 Å². The molecule has 2 heterocycles. The van der Waals surface area contributed by atoms with E-state index in [-0.39, 0.29) is 11.8 Å². The van der Waals surface area contributed by atoms with Crippen LogP contribution in [0.25, 0.3) is 10.9 Å². The Morgan fingerprint density at radius 2 is 1.80 bits per heavy atom. The molecule has 2 amide bonds. The molecule has 30 heavy (non-hydrogen) atoms. The molecule has 156 valence electrons. The third-order valence-corrected chi connectivity index (χ3v) is 6.95. The highest BCUT2D eigenvalue weighted by molar-refractivity contribution is 7.95. The minimum atomic E-state index is -0.554. The Morgan fingerprint density at radius 1 is 1.10 bits per heavy atom. The van der Waals surface area contributed by atoms with Gasteiger partial charge in [0.05, 0.1) is 15.6 Å². The number of nitrogens with zero attached hydrogens (tertiary/aromatic N) is 2. The summed E-state index contributed by atoms with van der Waals surface area (Å²) in [6.07, 6.45) is 0. The van der Waals surface area contributed by atoms with Gasteiger partial charge in [-0.1, -0.05) is 53.5 Å². The standard InChI is InChI=1S/C21H20Cl2N4O2S/c1-13(28)25-30-27-11-21(12-27,14-6-4-3-5-7-14)24-20(29)18-10-15-17(26(18)2)9-8-16(22)19(15)23/h3-10H,11-12H2,1-2H3,(H,24,29)(H,25,28). The average molecular weight is 463 g/mol. The highest BCUT2D eigenvalue weighted by Crippen LogP contribution is 2.37. The monoisotopic (exact) mass is 462 g/mol. The number of hydrogen-bond donors (Lipinski definition) is 2. The van der Waals surface area contributed by atoms with E-state index in [4.69, 9.17) is 23.2 Å². The van der Waals surface area contributed by atoms with Crippen LogP contribution in [0.2, 0.25) is 10.0 Å². The van der Waals surface area contributed by atoms with E-state index in [0.29, 0.717) is 28.8 Å². The Labute approximate surface area is 188 Å². The smallest absolute Gasteiger partial charge is 0.268 e. The first-order chi connectivity index (χ1) is 14.3. The molecule has 0 aliphatic carbocycles. The molecule has 2 aromatic carbocycles. The van der Waals surface area contributed by atoms with Crippen LogP contribution in [0, 0.1) is 0 Å². The van der Waals surface area contributed by atoms with Crippen LogP contribution >= 0.6 is 35.3 Å². The van der Waals surface area contributed by atoms with Crippen LogP contribution in [-0.2, 0) is 17.4 Å². The molecule has 9 heteroatoms. The molecule has 4 rings (SSSR count). The van der Waals surface area contributed by atoms with Crippen LogP contribution in [0.3, 0.4) is 0 Å². The lowest BCUT2D eigenvalue weighted by Gasteiger charge is -2.49. The van der Waals surface area contributed by atoms with Gasteiger partial charge in [-0.15, -0.1) is 0 Å². The molecular weight excluding hydrogens is 443 g/mol. The Morgan fingerprint density at radius 3 is 2.47 bits per heavy atom. The lowest BCUT2D eigenvalue weighted by molar-refractivity contribution is -0.117. The van der Waals surface area contributed by atoms with Gasteiger partial charge in [0, 0.05) is 50.1 Å². The summed E-state index contributed by atoms with van der Waals surface area (Å²) in [5.74, 6) is -0.318. The van der Waals surface area contributed by atoms with Crippen LogP contribution in [0.15, 0.2) is 48.5 Å².